The van der Waals surface area contributed by atoms with Gasteiger partial charge in [0.1, 0.15) is 5.75 Å². The number of amides is 1. The molecule has 2 saturated heterocycles. The van der Waals surface area contributed by atoms with Crippen LogP contribution in [-0.4, -0.2) is 42.1 Å². The van der Waals surface area contributed by atoms with Crippen molar-refractivity contribution in [1.29, 1.82) is 0 Å². The number of nitrogens with zero attached hydrogens (tertiary/aromatic N) is 1. The van der Waals surface area contributed by atoms with Crippen LogP contribution in [-0.2, 0) is 4.79 Å². The van der Waals surface area contributed by atoms with Crippen molar-refractivity contribution in [2.24, 2.45) is 0 Å². The summed E-state index contributed by atoms with van der Waals surface area (Å²) < 4.78 is 6.13. The molecule has 0 bridgehead atoms. The Morgan fingerprint density at radius 3 is 2.50 bits per heavy atom. The molecule has 0 atom stereocenters. The lowest BCUT2D eigenvalue weighted by molar-refractivity contribution is -0.128. The summed E-state index contributed by atoms with van der Waals surface area (Å²) in [5.74, 6) is 3.13. The number of carbonyl (C=O) groups is 1. The quantitative estimate of drug-likeness (QED) is 0.894. The molecule has 0 aromatic heterocycles. The minimum absolute atomic E-state index is 0.0722. The van der Waals surface area contributed by atoms with E-state index >= 15 is 0 Å². The fraction of sp³-hybridized carbons (Fsp3) is 0.562. The number of hydrogen-bond donors (Lipinski definition) is 1. The third-order valence-electron chi connectivity index (χ3n) is 3.78. The summed E-state index contributed by atoms with van der Waals surface area (Å²) >= 11 is 3.98. The molecule has 6 heteroatoms. The molecule has 1 amide bonds. The zero-order valence-electron chi connectivity index (χ0n) is 12.6. The van der Waals surface area contributed by atoms with Crippen LogP contribution in [0.25, 0.3) is 0 Å². The van der Waals surface area contributed by atoms with Crippen molar-refractivity contribution < 1.29 is 9.53 Å². The Labute approximate surface area is 140 Å². The zero-order chi connectivity index (χ0) is 15.2. The Balaban J connectivity index is 1.43. The maximum atomic E-state index is 11.9. The van der Waals surface area contributed by atoms with Crippen LogP contribution in [0.4, 0.5) is 0 Å². The summed E-state index contributed by atoms with van der Waals surface area (Å²) in [6, 6.07) is 8.13. The molecule has 120 valence electrons. The molecule has 0 spiro atoms. The van der Waals surface area contributed by atoms with Gasteiger partial charge >= 0.3 is 0 Å². The molecule has 0 aliphatic carbocycles. The second-order valence-corrected chi connectivity index (χ2v) is 8.24. The minimum Gasteiger partial charge on any atom is -0.484 e. The van der Waals surface area contributed by atoms with Gasteiger partial charge in [0.15, 0.2) is 6.61 Å². The van der Waals surface area contributed by atoms with E-state index in [0.717, 1.165) is 31.7 Å². The first-order valence-electron chi connectivity index (χ1n) is 7.82. The normalized spacial score (nSPS) is 20.0. The van der Waals surface area contributed by atoms with Gasteiger partial charge in [-0.3, -0.25) is 10.2 Å². The lowest BCUT2D eigenvalue weighted by atomic mass is 10.2. The van der Waals surface area contributed by atoms with Crippen molar-refractivity contribution in [3.63, 3.8) is 0 Å². The van der Waals surface area contributed by atoms with Crippen LogP contribution in [0, 0.1) is 0 Å². The van der Waals surface area contributed by atoms with E-state index in [0.29, 0.717) is 4.58 Å². The largest absolute Gasteiger partial charge is 0.484 e. The lowest BCUT2D eigenvalue weighted by Gasteiger charge is -2.26. The Hall–Kier alpha value is -0.850. The number of carbonyl (C=O) groups excluding carboxylic acids is 1. The van der Waals surface area contributed by atoms with Crippen LogP contribution in [0.2, 0.25) is 0 Å². The molecule has 22 heavy (non-hydrogen) atoms. The van der Waals surface area contributed by atoms with E-state index in [9.17, 15) is 4.79 Å². The average molecular weight is 338 g/mol. The highest BCUT2D eigenvalue weighted by Gasteiger charge is 2.18. The summed E-state index contributed by atoms with van der Waals surface area (Å²) in [6.07, 6.45) is 3.56. The molecular weight excluding hydrogens is 316 g/mol. The maximum Gasteiger partial charge on any atom is 0.272 e. The van der Waals surface area contributed by atoms with Gasteiger partial charge in [0.05, 0.1) is 4.58 Å². The zero-order valence-corrected chi connectivity index (χ0v) is 14.3. The second-order valence-electron chi connectivity index (χ2n) is 5.51. The number of hydrazine groups is 1. The van der Waals surface area contributed by atoms with Crippen molar-refractivity contribution in [3.8, 4) is 5.75 Å². The molecule has 2 heterocycles. The predicted molar refractivity (Wildman–Crippen MR) is 93.2 cm³/mol. The second kappa shape index (κ2) is 8.13. The minimum atomic E-state index is -0.0760. The number of ether oxygens (including phenoxy) is 1. The van der Waals surface area contributed by atoms with Crippen LogP contribution >= 0.6 is 23.5 Å². The van der Waals surface area contributed by atoms with E-state index in [2.05, 4.69) is 17.6 Å². The van der Waals surface area contributed by atoms with E-state index < -0.39 is 0 Å². The predicted octanol–water partition coefficient (Wildman–Crippen LogP) is 3.06. The third-order valence-corrected chi connectivity index (χ3v) is 6.89. The Kier molecular flexibility index (Phi) is 5.92. The Morgan fingerprint density at radius 1 is 1.14 bits per heavy atom. The molecule has 2 fully saturated rings. The standard InChI is InChI=1S/C16H22N2O2S2/c19-15(17-18-8-2-1-3-9-18)12-20-14-6-4-13(5-7-14)16-21-10-11-22-16/h4-7,16H,1-3,8-12H2,(H,17,19). The molecule has 2 aliphatic heterocycles. The molecule has 0 saturated carbocycles. The smallest absolute Gasteiger partial charge is 0.272 e. The van der Waals surface area contributed by atoms with Gasteiger partial charge in [0.25, 0.3) is 5.91 Å². The summed E-state index contributed by atoms with van der Waals surface area (Å²) in [7, 11) is 0. The van der Waals surface area contributed by atoms with Crippen molar-refractivity contribution in [2.75, 3.05) is 31.2 Å². The molecule has 0 radical (unpaired) electrons. The van der Waals surface area contributed by atoms with E-state index in [-0.39, 0.29) is 12.5 Å². The highest BCUT2D eigenvalue weighted by Crippen LogP contribution is 2.45. The van der Waals surface area contributed by atoms with E-state index in [1.165, 1.54) is 23.5 Å². The van der Waals surface area contributed by atoms with E-state index in [4.69, 9.17) is 4.74 Å². The average Bonchev–Trinajstić information content (AvgIpc) is 3.09. The summed E-state index contributed by atoms with van der Waals surface area (Å²) in [4.78, 5) is 11.9. The lowest BCUT2D eigenvalue weighted by Crippen LogP contribution is -2.46. The van der Waals surface area contributed by atoms with Gasteiger partial charge in [0, 0.05) is 24.6 Å². The molecule has 1 N–H and O–H groups in total. The fourth-order valence-corrected chi connectivity index (χ4v) is 5.49. The first-order chi connectivity index (χ1) is 10.8. The van der Waals surface area contributed by atoms with Gasteiger partial charge in [-0.15, -0.1) is 23.5 Å². The number of thioether (sulfide) groups is 2. The van der Waals surface area contributed by atoms with Crippen molar-refractivity contribution in [2.45, 2.75) is 23.8 Å². The molecule has 0 unspecified atom stereocenters. The summed E-state index contributed by atoms with van der Waals surface area (Å²) in [5, 5.41) is 1.99. The van der Waals surface area contributed by atoms with Gasteiger partial charge in [0.2, 0.25) is 0 Å². The number of nitrogens with one attached hydrogen (secondary N) is 1. The van der Waals surface area contributed by atoms with Gasteiger partial charge in [-0.25, -0.2) is 5.01 Å². The van der Waals surface area contributed by atoms with Gasteiger partial charge in [-0.1, -0.05) is 18.6 Å². The van der Waals surface area contributed by atoms with Crippen LogP contribution < -0.4 is 10.2 Å². The summed E-state index contributed by atoms with van der Waals surface area (Å²) in [5.41, 5.74) is 4.24. The van der Waals surface area contributed by atoms with E-state index in [1.54, 1.807) is 0 Å². The van der Waals surface area contributed by atoms with Crippen molar-refractivity contribution in [1.82, 2.24) is 10.4 Å². The third kappa shape index (κ3) is 4.57. The van der Waals surface area contributed by atoms with Gasteiger partial charge in [-0.05, 0) is 30.5 Å². The molecular formula is C16H22N2O2S2. The first-order valence-corrected chi connectivity index (χ1v) is 9.91. The number of hydrogen-bond acceptors (Lipinski definition) is 5. The molecule has 3 rings (SSSR count). The van der Waals surface area contributed by atoms with Crippen LogP contribution in [0.3, 0.4) is 0 Å². The molecule has 1 aromatic carbocycles. The fourth-order valence-electron chi connectivity index (χ4n) is 2.64. The number of rotatable bonds is 5. The molecule has 1 aromatic rings. The van der Waals surface area contributed by atoms with Gasteiger partial charge < -0.3 is 4.74 Å². The topological polar surface area (TPSA) is 41.6 Å². The van der Waals surface area contributed by atoms with Crippen molar-refractivity contribution in [3.05, 3.63) is 29.8 Å². The van der Waals surface area contributed by atoms with Crippen LogP contribution in [0.5, 0.6) is 5.75 Å². The highest BCUT2D eigenvalue weighted by atomic mass is 32.2. The van der Waals surface area contributed by atoms with Crippen LogP contribution in [0.1, 0.15) is 29.4 Å². The maximum absolute atomic E-state index is 11.9. The Morgan fingerprint density at radius 2 is 1.82 bits per heavy atom. The Bertz CT molecular complexity index is 483. The molecule has 4 nitrogen and oxygen atoms in total. The van der Waals surface area contributed by atoms with E-state index in [1.807, 2.05) is 40.7 Å². The highest BCUT2D eigenvalue weighted by molar-refractivity contribution is 8.19. The monoisotopic (exact) mass is 338 g/mol. The number of benzene rings is 1. The summed E-state index contributed by atoms with van der Waals surface area (Å²) in [6.45, 7) is 1.96. The van der Waals surface area contributed by atoms with Crippen LogP contribution in [0.15, 0.2) is 24.3 Å². The van der Waals surface area contributed by atoms with Crippen molar-refractivity contribution >= 4 is 29.4 Å². The van der Waals surface area contributed by atoms with Gasteiger partial charge in [-0.2, -0.15) is 0 Å². The first kappa shape index (κ1) is 16.0. The SMILES string of the molecule is O=C(COc1ccc(C2SCCS2)cc1)NN1CCCCC1. The molecule has 2 aliphatic rings. The number of piperidine rings is 1.